The molecule has 0 amide bonds. The van der Waals surface area contributed by atoms with E-state index in [0.717, 1.165) is 25.5 Å². The maximum atomic E-state index is 8.08. The van der Waals surface area contributed by atoms with Crippen molar-refractivity contribution in [1.29, 1.82) is 0 Å². The molecule has 0 aromatic carbocycles. The summed E-state index contributed by atoms with van der Waals surface area (Å²) >= 11 is 0. The fraction of sp³-hybridized carbons (Fsp3) is 0.667. The molecule has 0 spiro atoms. The van der Waals surface area contributed by atoms with Crippen LogP contribution in [0, 0.1) is 0 Å². The van der Waals surface area contributed by atoms with Gasteiger partial charge in [0.2, 0.25) is 5.95 Å². The molecule has 1 aromatic heterocycles. The highest BCUT2D eigenvalue weighted by Crippen LogP contribution is 2.09. The molecule has 5 heteroatoms. The van der Waals surface area contributed by atoms with E-state index in [2.05, 4.69) is 14.9 Å². The number of nitrogens with two attached hydrogens (primary N) is 1. The third kappa shape index (κ3) is 3.64. The van der Waals surface area contributed by atoms with Crippen molar-refractivity contribution in [3.63, 3.8) is 0 Å². The molecular formula is C12H21N5. The lowest BCUT2D eigenvalue weighted by Gasteiger charge is -2.34. The largest absolute Gasteiger partial charge is 0.338 e. The highest BCUT2D eigenvalue weighted by molar-refractivity contribution is 5.29. The number of nitrogens with zero attached hydrogens (tertiary/aromatic N) is 4. The smallest absolute Gasteiger partial charge is 0.225 e. The quantitative estimate of drug-likeness (QED) is 0.800. The Balaban J connectivity index is 1.88. The predicted octanol–water partition coefficient (Wildman–Crippen LogP) is 0.337. The second-order valence-corrected chi connectivity index (χ2v) is 4.07. The Morgan fingerprint density at radius 1 is 1.18 bits per heavy atom. The van der Waals surface area contributed by atoms with Gasteiger partial charge in [-0.15, -0.1) is 0 Å². The van der Waals surface area contributed by atoms with Crippen LogP contribution >= 0.6 is 0 Å². The van der Waals surface area contributed by atoms with Crippen LogP contribution in [0.2, 0.25) is 0 Å². The molecule has 0 radical (unpaired) electrons. The van der Waals surface area contributed by atoms with Gasteiger partial charge in [0.25, 0.3) is 0 Å². The number of aromatic nitrogens is 2. The molecule has 0 aliphatic carbocycles. The Labute approximate surface area is 105 Å². The lowest BCUT2D eigenvalue weighted by atomic mass is 10.2. The van der Waals surface area contributed by atoms with Crippen molar-refractivity contribution >= 4 is 5.95 Å². The molecule has 2 rings (SSSR count). The Bertz CT molecular complexity index is 379. The lowest BCUT2D eigenvalue weighted by molar-refractivity contribution is 0.252. The summed E-state index contributed by atoms with van der Waals surface area (Å²) in [5.41, 5.74) is 5.45. The first-order chi connectivity index (χ1) is 9.13. The molecule has 1 saturated heterocycles. The van der Waals surface area contributed by atoms with E-state index in [1.807, 2.05) is 4.90 Å². The van der Waals surface area contributed by atoms with Gasteiger partial charge in [-0.05, 0) is 31.9 Å². The summed E-state index contributed by atoms with van der Waals surface area (Å²) in [6.07, 6.45) is 4.67. The van der Waals surface area contributed by atoms with E-state index in [4.69, 9.17) is 8.48 Å². The fourth-order valence-electron chi connectivity index (χ4n) is 1.86. The summed E-state index contributed by atoms with van der Waals surface area (Å²) in [7, 11) is 0. The van der Waals surface area contributed by atoms with E-state index >= 15 is 0 Å². The molecule has 0 atom stereocenters. The topological polar surface area (TPSA) is 58.3 Å². The van der Waals surface area contributed by atoms with Crippen LogP contribution in [0.25, 0.3) is 0 Å². The molecule has 2 N–H and O–H groups in total. The Morgan fingerprint density at radius 3 is 2.53 bits per heavy atom. The van der Waals surface area contributed by atoms with Crippen LogP contribution in [0.1, 0.15) is 15.6 Å². The van der Waals surface area contributed by atoms with E-state index < -0.39 is 6.50 Å². The van der Waals surface area contributed by atoms with Crippen LogP contribution in [0.4, 0.5) is 5.95 Å². The Morgan fingerprint density at radius 2 is 1.88 bits per heavy atom. The summed E-state index contributed by atoms with van der Waals surface area (Å²) < 4.78 is 16.2. The fourth-order valence-corrected chi connectivity index (χ4v) is 1.86. The zero-order valence-electron chi connectivity index (χ0n) is 12.0. The van der Waals surface area contributed by atoms with Gasteiger partial charge in [0.15, 0.2) is 0 Å². The van der Waals surface area contributed by atoms with Gasteiger partial charge in [-0.2, -0.15) is 0 Å². The highest BCUT2D eigenvalue weighted by Gasteiger charge is 2.17. The molecule has 1 fully saturated rings. The first-order valence-electron chi connectivity index (χ1n) is 7.10. The number of anilines is 1. The Kier molecular flexibility index (Phi) is 3.75. The number of hydrogen-bond acceptors (Lipinski definition) is 5. The molecule has 17 heavy (non-hydrogen) atoms. The minimum atomic E-state index is -1.26. The van der Waals surface area contributed by atoms with Crippen LogP contribution in [0.3, 0.4) is 0 Å². The molecule has 0 saturated carbocycles. The molecule has 5 nitrogen and oxygen atoms in total. The third-order valence-corrected chi connectivity index (χ3v) is 2.83. The van der Waals surface area contributed by atoms with E-state index in [1.165, 1.54) is 0 Å². The van der Waals surface area contributed by atoms with E-state index in [-0.39, 0.29) is 0 Å². The summed E-state index contributed by atoms with van der Waals surface area (Å²) in [5, 5.41) is 0. The first-order valence-corrected chi connectivity index (χ1v) is 6.10. The van der Waals surface area contributed by atoms with Gasteiger partial charge in [-0.25, -0.2) is 9.97 Å². The molecule has 0 bridgehead atoms. The van der Waals surface area contributed by atoms with E-state index in [1.54, 1.807) is 18.5 Å². The van der Waals surface area contributed by atoms with Crippen LogP contribution in [0.5, 0.6) is 0 Å². The minimum absolute atomic E-state index is 0.491. The minimum Gasteiger partial charge on any atom is -0.338 e. The van der Waals surface area contributed by atoms with Gasteiger partial charge in [-0.1, -0.05) is 0 Å². The predicted molar refractivity (Wildman–Crippen MR) is 69.0 cm³/mol. The van der Waals surface area contributed by atoms with Crippen molar-refractivity contribution < 1.29 is 2.74 Å². The summed E-state index contributed by atoms with van der Waals surface area (Å²) in [6.45, 7) is 2.17. The average molecular weight is 237 g/mol. The number of hydrogen-bond donors (Lipinski definition) is 1. The zero-order chi connectivity index (χ0) is 13.7. The first kappa shape index (κ1) is 9.79. The van der Waals surface area contributed by atoms with E-state index in [9.17, 15) is 0 Å². The van der Waals surface area contributed by atoms with Gasteiger partial charge in [0, 0.05) is 41.3 Å². The summed E-state index contributed by atoms with van der Waals surface area (Å²) in [6, 6.07) is 1.80. The van der Waals surface area contributed by atoms with Crippen LogP contribution in [0.15, 0.2) is 18.5 Å². The molecule has 1 aliphatic heterocycles. The van der Waals surface area contributed by atoms with Crippen molar-refractivity contribution in [3.8, 4) is 0 Å². The van der Waals surface area contributed by atoms with Gasteiger partial charge < -0.3 is 10.6 Å². The van der Waals surface area contributed by atoms with Crippen molar-refractivity contribution in [1.82, 2.24) is 14.9 Å². The van der Waals surface area contributed by atoms with Crippen molar-refractivity contribution in [3.05, 3.63) is 18.5 Å². The number of piperazine rings is 1. The molecule has 94 valence electrons. The molecule has 2 heterocycles. The van der Waals surface area contributed by atoms with Crippen LogP contribution in [-0.4, -0.2) is 54.1 Å². The third-order valence-electron chi connectivity index (χ3n) is 2.83. The monoisotopic (exact) mass is 237 g/mol. The van der Waals surface area contributed by atoms with Gasteiger partial charge in [0.1, 0.15) is 0 Å². The zero-order valence-corrected chi connectivity index (χ0v) is 10.0. The van der Waals surface area contributed by atoms with Crippen molar-refractivity contribution in [2.75, 3.05) is 44.1 Å². The molecule has 1 aromatic rings. The highest BCUT2D eigenvalue weighted by atomic mass is 15.3. The second kappa shape index (κ2) is 6.51. The molecule has 1 aliphatic rings. The standard InChI is InChI=1S/C12H21N5/c13-4-1-2-7-16-8-10-17(11-9-16)12-14-5-3-6-15-12/h3,5-6H,1-2,4,7-11,13H2/i7D2. The van der Waals surface area contributed by atoms with E-state index in [0.29, 0.717) is 26.1 Å². The van der Waals surface area contributed by atoms with Crippen LogP contribution < -0.4 is 10.6 Å². The lowest BCUT2D eigenvalue weighted by Crippen LogP contribution is -2.47. The SMILES string of the molecule is [2H]C([2H])(CCCN)N1CCN(c2ncccn2)CC1. The van der Waals surface area contributed by atoms with Crippen LogP contribution in [-0.2, 0) is 0 Å². The summed E-state index contributed by atoms with van der Waals surface area (Å²) in [5.74, 6) is 0.727. The van der Waals surface area contributed by atoms with Crippen molar-refractivity contribution in [2.24, 2.45) is 5.73 Å². The van der Waals surface area contributed by atoms with Crippen molar-refractivity contribution in [2.45, 2.75) is 12.8 Å². The Hall–Kier alpha value is -1.20. The van der Waals surface area contributed by atoms with Gasteiger partial charge >= 0.3 is 0 Å². The average Bonchev–Trinajstić information content (AvgIpc) is 2.46. The summed E-state index contributed by atoms with van der Waals surface area (Å²) in [4.78, 5) is 12.4. The van der Waals surface area contributed by atoms with Gasteiger partial charge in [0.05, 0.1) is 0 Å². The molecule has 0 unspecified atom stereocenters. The normalized spacial score (nSPS) is 19.9. The maximum Gasteiger partial charge on any atom is 0.225 e. The molecular weight excluding hydrogens is 214 g/mol. The number of rotatable bonds is 5. The van der Waals surface area contributed by atoms with Gasteiger partial charge in [-0.3, -0.25) is 4.90 Å². The second-order valence-electron chi connectivity index (χ2n) is 4.07. The maximum absolute atomic E-state index is 8.08.